The molecule has 2 nitrogen and oxygen atoms in total. The van der Waals surface area contributed by atoms with E-state index in [1.54, 1.807) is 18.0 Å². The number of pyridine rings is 1. The van der Waals surface area contributed by atoms with Crippen molar-refractivity contribution in [1.82, 2.24) is 4.98 Å². The normalized spacial score (nSPS) is 14.2. The largest absolute Gasteiger partial charge is 0.327 e. The van der Waals surface area contributed by atoms with Gasteiger partial charge in [-0.1, -0.05) is 52.0 Å². The molecule has 0 radical (unpaired) electrons. The van der Waals surface area contributed by atoms with Crippen LogP contribution in [0.15, 0.2) is 58.2 Å². The summed E-state index contributed by atoms with van der Waals surface area (Å²) >= 11 is 5.29. The van der Waals surface area contributed by atoms with Crippen molar-refractivity contribution in [2.24, 2.45) is 5.73 Å². The quantitative estimate of drug-likeness (QED) is 0.864. The molecule has 0 bridgehead atoms. The van der Waals surface area contributed by atoms with Gasteiger partial charge in [0.15, 0.2) is 0 Å². The SMILES string of the molecule is CC(N)C(Sc1ccccn1)c1ccccc1Br. The fourth-order valence-corrected chi connectivity index (χ4v) is 3.48. The Morgan fingerprint density at radius 3 is 2.50 bits per heavy atom. The van der Waals surface area contributed by atoms with Gasteiger partial charge in [-0.3, -0.25) is 0 Å². The average Bonchev–Trinajstić information content (AvgIpc) is 2.38. The standard InChI is InChI=1S/C14H15BrN2S/c1-10(16)14(11-6-2-3-7-12(11)15)18-13-8-4-5-9-17-13/h2-10,14H,16H2,1H3. The first kappa shape index (κ1) is 13.6. The zero-order valence-corrected chi connectivity index (χ0v) is 12.5. The first-order valence-corrected chi connectivity index (χ1v) is 7.43. The molecule has 0 aliphatic heterocycles. The molecule has 0 fully saturated rings. The summed E-state index contributed by atoms with van der Waals surface area (Å²) in [4.78, 5) is 4.35. The van der Waals surface area contributed by atoms with Crippen molar-refractivity contribution >= 4 is 27.7 Å². The lowest BCUT2D eigenvalue weighted by Gasteiger charge is -2.21. The lowest BCUT2D eigenvalue weighted by molar-refractivity contribution is 0.718. The highest BCUT2D eigenvalue weighted by molar-refractivity contribution is 9.10. The molecule has 0 aliphatic carbocycles. The van der Waals surface area contributed by atoms with Crippen LogP contribution in [0.5, 0.6) is 0 Å². The van der Waals surface area contributed by atoms with Crippen LogP contribution in [0.2, 0.25) is 0 Å². The van der Waals surface area contributed by atoms with Gasteiger partial charge in [-0.25, -0.2) is 4.98 Å². The lowest BCUT2D eigenvalue weighted by atomic mass is 10.1. The predicted octanol–water partition coefficient (Wildman–Crippen LogP) is 4.02. The molecule has 2 atom stereocenters. The number of halogens is 1. The molecule has 0 spiro atoms. The van der Waals surface area contributed by atoms with E-state index in [9.17, 15) is 0 Å². The van der Waals surface area contributed by atoms with Crippen LogP contribution in [0, 0.1) is 0 Å². The van der Waals surface area contributed by atoms with Crippen molar-refractivity contribution < 1.29 is 0 Å². The number of benzene rings is 1. The summed E-state index contributed by atoms with van der Waals surface area (Å²) in [5.41, 5.74) is 7.33. The molecule has 0 amide bonds. The number of thioether (sulfide) groups is 1. The van der Waals surface area contributed by atoms with Crippen molar-refractivity contribution in [2.75, 3.05) is 0 Å². The van der Waals surface area contributed by atoms with Crippen LogP contribution in [-0.2, 0) is 0 Å². The Kier molecular flexibility index (Phi) is 4.80. The molecular weight excluding hydrogens is 308 g/mol. The second-order valence-corrected chi connectivity index (χ2v) is 6.10. The summed E-state index contributed by atoms with van der Waals surface area (Å²) in [5, 5.41) is 1.19. The van der Waals surface area contributed by atoms with E-state index in [1.807, 2.05) is 43.3 Å². The van der Waals surface area contributed by atoms with Gasteiger partial charge in [-0.15, -0.1) is 0 Å². The van der Waals surface area contributed by atoms with E-state index in [1.165, 1.54) is 5.56 Å². The Hall–Kier alpha value is -0.840. The lowest BCUT2D eigenvalue weighted by Crippen LogP contribution is -2.22. The van der Waals surface area contributed by atoms with Crippen LogP contribution in [0.3, 0.4) is 0 Å². The molecule has 4 heteroatoms. The minimum Gasteiger partial charge on any atom is -0.327 e. The molecular formula is C14H15BrN2S. The number of nitrogens with zero attached hydrogens (tertiary/aromatic N) is 1. The van der Waals surface area contributed by atoms with Gasteiger partial charge in [-0.05, 0) is 30.7 Å². The highest BCUT2D eigenvalue weighted by Gasteiger charge is 2.20. The van der Waals surface area contributed by atoms with Crippen molar-refractivity contribution in [3.8, 4) is 0 Å². The van der Waals surface area contributed by atoms with E-state index in [2.05, 4.69) is 27.0 Å². The molecule has 94 valence electrons. The van der Waals surface area contributed by atoms with Crippen LogP contribution in [-0.4, -0.2) is 11.0 Å². The third-order valence-corrected chi connectivity index (χ3v) is 4.72. The second kappa shape index (κ2) is 6.36. The van der Waals surface area contributed by atoms with E-state index >= 15 is 0 Å². The Labute approximate surface area is 120 Å². The smallest absolute Gasteiger partial charge is 0.0966 e. The van der Waals surface area contributed by atoms with Gasteiger partial charge in [0.2, 0.25) is 0 Å². The molecule has 1 aromatic carbocycles. The summed E-state index contributed by atoms with van der Waals surface area (Å²) in [6.07, 6.45) is 1.81. The third kappa shape index (κ3) is 3.34. The van der Waals surface area contributed by atoms with E-state index in [0.29, 0.717) is 0 Å². The Balaban J connectivity index is 2.27. The first-order valence-electron chi connectivity index (χ1n) is 5.76. The fraction of sp³-hybridized carbons (Fsp3) is 0.214. The Bertz CT molecular complexity index is 502. The Morgan fingerprint density at radius 2 is 1.89 bits per heavy atom. The van der Waals surface area contributed by atoms with E-state index in [4.69, 9.17) is 5.73 Å². The topological polar surface area (TPSA) is 38.9 Å². The maximum atomic E-state index is 6.12. The summed E-state index contributed by atoms with van der Waals surface area (Å²) in [7, 11) is 0. The van der Waals surface area contributed by atoms with Gasteiger partial charge in [0.1, 0.15) is 0 Å². The van der Waals surface area contributed by atoms with Gasteiger partial charge in [0.25, 0.3) is 0 Å². The molecule has 18 heavy (non-hydrogen) atoms. The molecule has 0 saturated heterocycles. The molecule has 1 aromatic heterocycles. The number of nitrogens with two attached hydrogens (primary N) is 1. The first-order chi connectivity index (χ1) is 8.68. The van der Waals surface area contributed by atoms with E-state index < -0.39 is 0 Å². The summed E-state index contributed by atoms with van der Waals surface area (Å²) < 4.78 is 1.09. The summed E-state index contributed by atoms with van der Waals surface area (Å²) in [5.74, 6) is 0. The average molecular weight is 323 g/mol. The highest BCUT2D eigenvalue weighted by Crippen LogP contribution is 2.39. The van der Waals surface area contributed by atoms with Crippen LogP contribution in [0.4, 0.5) is 0 Å². The third-order valence-electron chi connectivity index (χ3n) is 2.57. The molecule has 0 aliphatic rings. The number of rotatable bonds is 4. The second-order valence-electron chi connectivity index (χ2n) is 4.09. The molecule has 2 aromatic rings. The zero-order chi connectivity index (χ0) is 13.0. The molecule has 2 rings (SSSR count). The minimum absolute atomic E-state index is 0.0516. The van der Waals surface area contributed by atoms with E-state index in [0.717, 1.165) is 9.50 Å². The fourth-order valence-electron chi connectivity index (χ4n) is 1.71. The monoisotopic (exact) mass is 322 g/mol. The van der Waals surface area contributed by atoms with E-state index in [-0.39, 0.29) is 11.3 Å². The number of hydrogen-bond donors (Lipinski definition) is 1. The van der Waals surface area contributed by atoms with Gasteiger partial charge in [0, 0.05) is 16.7 Å². The summed E-state index contributed by atoms with van der Waals surface area (Å²) in [6.45, 7) is 2.03. The van der Waals surface area contributed by atoms with Gasteiger partial charge < -0.3 is 5.73 Å². The van der Waals surface area contributed by atoms with Crippen LogP contribution < -0.4 is 5.73 Å². The molecule has 2 N–H and O–H groups in total. The van der Waals surface area contributed by atoms with Crippen LogP contribution in [0.1, 0.15) is 17.7 Å². The van der Waals surface area contributed by atoms with Crippen molar-refractivity contribution in [3.05, 3.63) is 58.7 Å². The van der Waals surface area contributed by atoms with Crippen LogP contribution >= 0.6 is 27.7 Å². The van der Waals surface area contributed by atoms with Gasteiger partial charge in [-0.2, -0.15) is 0 Å². The van der Waals surface area contributed by atoms with Crippen molar-refractivity contribution in [3.63, 3.8) is 0 Å². The predicted molar refractivity (Wildman–Crippen MR) is 80.6 cm³/mol. The van der Waals surface area contributed by atoms with Gasteiger partial charge in [0.05, 0.1) is 10.3 Å². The van der Waals surface area contributed by atoms with Crippen molar-refractivity contribution in [1.29, 1.82) is 0 Å². The zero-order valence-electron chi connectivity index (χ0n) is 10.1. The van der Waals surface area contributed by atoms with Gasteiger partial charge >= 0.3 is 0 Å². The molecule has 1 heterocycles. The number of aromatic nitrogens is 1. The molecule has 2 unspecified atom stereocenters. The van der Waals surface area contributed by atoms with Crippen molar-refractivity contribution in [2.45, 2.75) is 23.2 Å². The summed E-state index contributed by atoms with van der Waals surface area (Å²) in [6, 6.07) is 14.2. The number of hydrogen-bond acceptors (Lipinski definition) is 3. The maximum absolute atomic E-state index is 6.12. The molecule has 0 saturated carbocycles. The maximum Gasteiger partial charge on any atom is 0.0966 e. The van der Waals surface area contributed by atoms with Crippen LogP contribution in [0.25, 0.3) is 0 Å². The minimum atomic E-state index is 0.0516. The Morgan fingerprint density at radius 1 is 1.17 bits per heavy atom. The highest BCUT2D eigenvalue weighted by atomic mass is 79.9.